The number of halogens is 5. The molecule has 0 bridgehead atoms. The van der Waals surface area contributed by atoms with E-state index in [1.54, 1.807) is 0 Å². The first-order valence-corrected chi connectivity index (χ1v) is 18.1. The number of benzene rings is 2. The summed E-state index contributed by atoms with van der Waals surface area (Å²) in [4.78, 5) is 23.8. The molecule has 17 heteroatoms. The van der Waals surface area contributed by atoms with Gasteiger partial charge in [0.2, 0.25) is 19.1 Å². The fourth-order valence-corrected chi connectivity index (χ4v) is 5.12. The van der Waals surface area contributed by atoms with Crippen molar-refractivity contribution in [3.63, 3.8) is 0 Å². The number of rotatable bonds is 5. The van der Waals surface area contributed by atoms with E-state index in [4.69, 9.17) is 32.7 Å². The number of carbonyl (C=O) groups excluding carboxylic acids is 2. The van der Waals surface area contributed by atoms with E-state index < -0.39 is 42.6 Å². The van der Waals surface area contributed by atoms with Gasteiger partial charge in [0.15, 0.2) is 0 Å². The number of hydrogen-bond donors (Lipinski definition) is 1. The third kappa shape index (κ3) is 14.1. The zero-order valence-electron chi connectivity index (χ0n) is 23.2. The minimum absolute atomic E-state index is 0.0177. The highest BCUT2D eigenvalue weighted by Crippen LogP contribution is 2.25. The molecule has 0 aliphatic carbocycles. The van der Waals surface area contributed by atoms with Gasteiger partial charge in [-0.15, -0.1) is 0 Å². The number of carbonyl (C=O) groups is 2. The Bertz CT molecular complexity index is 1480. The first kappa shape index (κ1) is 37.1. The van der Waals surface area contributed by atoms with Gasteiger partial charge in [0.1, 0.15) is 23.1 Å². The van der Waals surface area contributed by atoms with Gasteiger partial charge in [0, 0.05) is 42.4 Å². The molecule has 2 saturated heterocycles. The predicted octanol–water partition coefficient (Wildman–Crippen LogP) is 4.63. The SMILES string of the molecule is CS(=O)(=O)Cl.CS(=O)(=O)N1CCC[C@H](C(=O)Oc2ccc(Cl)c(F)c2)C1.O=C(Oc1ccc(Cl)c(F)c1)[C@H]1CCCNC1. The van der Waals surface area contributed by atoms with Crippen molar-refractivity contribution in [2.24, 2.45) is 11.8 Å². The van der Waals surface area contributed by atoms with Crippen LogP contribution in [0.15, 0.2) is 36.4 Å². The van der Waals surface area contributed by atoms with Gasteiger partial charge in [-0.25, -0.2) is 29.9 Å². The number of nitrogens with zero attached hydrogens (tertiary/aromatic N) is 1. The zero-order chi connectivity index (χ0) is 32.4. The number of esters is 2. The molecule has 1 N–H and O–H groups in total. The van der Waals surface area contributed by atoms with Gasteiger partial charge in [0.05, 0.1) is 34.4 Å². The van der Waals surface area contributed by atoms with Crippen LogP contribution in [0.4, 0.5) is 8.78 Å². The van der Waals surface area contributed by atoms with E-state index in [0.29, 0.717) is 25.9 Å². The molecule has 2 aliphatic heterocycles. The lowest BCUT2D eigenvalue weighted by Gasteiger charge is -2.29. The highest BCUT2D eigenvalue weighted by molar-refractivity contribution is 8.13. The van der Waals surface area contributed by atoms with E-state index in [1.165, 1.54) is 28.6 Å². The molecule has 4 rings (SSSR count). The molecule has 2 fully saturated rings. The van der Waals surface area contributed by atoms with E-state index >= 15 is 0 Å². The van der Waals surface area contributed by atoms with Crippen LogP contribution in [-0.2, 0) is 28.7 Å². The van der Waals surface area contributed by atoms with Gasteiger partial charge in [0.25, 0.3) is 0 Å². The topological polar surface area (TPSA) is 136 Å². The van der Waals surface area contributed by atoms with Crippen molar-refractivity contribution < 1.29 is 44.7 Å². The highest BCUT2D eigenvalue weighted by atomic mass is 35.7. The van der Waals surface area contributed by atoms with Gasteiger partial charge in [-0.3, -0.25) is 9.59 Å². The Morgan fingerprint density at radius 1 is 0.860 bits per heavy atom. The Morgan fingerprint density at radius 3 is 1.74 bits per heavy atom. The lowest BCUT2D eigenvalue weighted by Crippen LogP contribution is -2.42. The minimum atomic E-state index is -3.33. The molecular formula is C26H31Cl3F2N2O8S2. The molecular weight excluding hydrogens is 677 g/mol. The van der Waals surface area contributed by atoms with Crippen LogP contribution < -0.4 is 14.8 Å². The fraction of sp³-hybridized carbons (Fsp3) is 0.462. The second-order valence-electron chi connectivity index (χ2n) is 9.68. The maximum atomic E-state index is 13.3. The largest absolute Gasteiger partial charge is 0.426 e. The summed E-state index contributed by atoms with van der Waals surface area (Å²) >= 11 is 11.1. The molecule has 0 unspecified atom stereocenters. The fourth-order valence-electron chi connectivity index (χ4n) is 3.97. The molecule has 240 valence electrons. The molecule has 10 nitrogen and oxygen atoms in total. The van der Waals surface area contributed by atoms with Crippen LogP contribution in [0.25, 0.3) is 0 Å². The maximum Gasteiger partial charge on any atom is 0.315 e. The second-order valence-corrected chi connectivity index (χ2v) is 15.5. The van der Waals surface area contributed by atoms with Crippen LogP contribution in [0, 0.1) is 23.5 Å². The number of hydrogen-bond acceptors (Lipinski definition) is 9. The van der Waals surface area contributed by atoms with E-state index in [-0.39, 0.29) is 40.0 Å². The average molecular weight is 708 g/mol. The Kier molecular flexibility index (Phi) is 14.5. The Labute approximate surface area is 264 Å². The molecule has 0 aromatic heterocycles. The Balaban J connectivity index is 0.000000264. The smallest absolute Gasteiger partial charge is 0.315 e. The van der Waals surface area contributed by atoms with Crippen LogP contribution in [0.1, 0.15) is 25.7 Å². The van der Waals surface area contributed by atoms with Crippen molar-refractivity contribution in [3.8, 4) is 11.5 Å². The second kappa shape index (κ2) is 16.8. The molecule has 2 aromatic rings. The quantitative estimate of drug-likeness (QED) is 0.268. The summed E-state index contributed by atoms with van der Waals surface area (Å²) < 4.78 is 79.7. The standard InChI is InChI=1S/C13H15ClFNO4S.C12H13ClFNO2.CH3ClO2S/c1-21(18,19)16-6-2-3-9(8-16)13(17)20-10-4-5-11(14)12(15)7-10;13-10-4-3-9(6-11(10)14)17-12(16)8-2-1-5-15-7-8;1-5(2,3)4/h4-5,7,9H,2-3,6,8H2,1H3;3-4,6,8,15H,1-2,5,7H2;1H3/t9-;8-;/m00./s1. The van der Waals surface area contributed by atoms with E-state index in [1.807, 2.05) is 0 Å². The monoisotopic (exact) mass is 706 g/mol. The van der Waals surface area contributed by atoms with Crippen molar-refractivity contribution in [2.45, 2.75) is 25.7 Å². The minimum Gasteiger partial charge on any atom is -0.426 e. The van der Waals surface area contributed by atoms with E-state index in [9.17, 15) is 35.2 Å². The third-order valence-corrected chi connectivity index (χ3v) is 7.92. The molecule has 0 saturated carbocycles. The lowest BCUT2D eigenvalue weighted by molar-refractivity contribution is -0.140. The molecule has 0 amide bonds. The molecule has 2 heterocycles. The van der Waals surface area contributed by atoms with Crippen molar-refractivity contribution in [3.05, 3.63) is 58.1 Å². The predicted molar refractivity (Wildman–Crippen MR) is 160 cm³/mol. The highest BCUT2D eigenvalue weighted by Gasteiger charge is 2.31. The van der Waals surface area contributed by atoms with Gasteiger partial charge in [-0.2, -0.15) is 0 Å². The van der Waals surface area contributed by atoms with Crippen molar-refractivity contribution in [2.75, 3.05) is 38.7 Å². The van der Waals surface area contributed by atoms with Gasteiger partial charge >= 0.3 is 11.9 Å². The lowest BCUT2D eigenvalue weighted by atomic mass is 10.00. The van der Waals surface area contributed by atoms with Gasteiger partial charge in [-0.05, 0) is 56.5 Å². The molecule has 2 aromatic carbocycles. The van der Waals surface area contributed by atoms with Crippen LogP contribution in [-0.4, -0.2) is 71.8 Å². The summed E-state index contributed by atoms with van der Waals surface area (Å²) in [6.07, 6.45) is 4.92. The van der Waals surface area contributed by atoms with E-state index in [2.05, 4.69) is 16.0 Å². The number of nitrogens with one attached hydrogen (secondary N) is 1. The average Bonchev–Trinajstić information content (AvgIpc) is 2.92. The van der Waals surface area contributed by atoms with Crippen molar-refractivity contribution in [1.29, 1.82) is 0 Å². The molecule has 0 radical (unpaired) electrons. The van der Waals surface area contributed by atoms with E-state index in [0.717, 1.165) is 44.0 Å². The van der Waals surface area contributed by atoms with Crippen LogP contribution in [0.5, 0.6) is 11.5 Å². The van der Waals surface area contributed by atoms with Gasteiger partial charge in [-0.1, -0.05) is 23.2 Å². The zero-order valence-corrected chi connectivity index (χ0v) is 27.1. The van der Waals surface area contributed by atoms with Gasteiger partial charge < -0.3 is 14.8 Å². The summed E-state index contributed by atoms with van der Waals surface area (Å²) in [6, 6.07) is 7.69. The summed E-state index contributed by atoms with van der Waals surface area (Å²) in [5, 5.41) is 3.08. The van der Waals surface area contributed by atoms with Crippen LogP contribution >= 0.6 is 33.9 Å². The first-order valence-electron chi connectivity index (χ1n) is 12.8. The Morgan fingerprint density at radius 2 is 1.33 bits per heavy atom. The molecule has 2 aliphatic rings. The summed E-state index contributed by atoms with van der Waals surface area (Å²) in [5.74, 6) is -2.60. The third-order valence-electron chi connectivity index (χ3n) is 6.04. The van der Waals surface area contributed by atoms with Crippen molar-refractivity contribution >= 4 is 64.9 Å². The molecule has 43 heavy (non-hydrogen) atoms. The normalized spacial score (nSPS) is 19.1. The summed E-state index contributed by atoms with van der Waals surface area (Å²) in [6.45, 7) is 2.04. The van der Waals surface area contributed by atoms with Crippen molar-refractivity contribution in [1.82, 2.24) is 9.62 Å². The first-order chi connectivity index (χ1) is 19.9. The maximum absolute atomic E-state index is 13.3. The summed E-state index contributed by atoms with van der Waals surface area (Å²) in [7, 11) is -2.02. The number of piperidine rings is 2. The number of ether oxygens (including phenoxy) is 2. The Hall–Kier alpha value is -2.07. The van der Waals surface area contributed by atoms with Crippen LogP contribution in [0.3, 0.4) is 0 Å². The summed E-state index contributed by atoms with van der Waals surface area (Å²) in [5.41, 5.74) is 0. The number of sulfonamides is 1. The molecule has 0 spiro atoms. The van der Waals surface area contributed by atoms with Crippen LogP contribution in [0.2, 0.25) is 10.0 Å². The molecule has 2 atom stereocenters.